The van der Waals surface area contributed by atoms with Crippen LogP contribution in [0, 0.1) is 29.4 Å². The van der Waals surface area contributed by atoms with Crippen molar-refractivity contribution in [3.05, 3.63) is 70.3 Å². The van der Waals surface area contributed by atoms with Gasteiger partial charge < -0.3 is 4.74 Å². The number of hydrogen-bond acceptors (Lipinski definition) is 3. The number of halogens is 2. The van der Waals surface area contributed by atoms with E-state index in [1.54, 1.807) is 0 Å². The van der Waals surface area contributed by atoms with Gasteiger partial charge in [-0.1, -0.05) is 17.9 Å². The minimum atomic E-state index is -0.525. The molecular formula is C22H19F2NO2. The first-order valence-corrected chi connectivity index (χ1v) is 8.97. The first kappa shape index (κ1) is 17.7. The van der Waals surface area contributed by atoms with Crippen LogP contribution >= 0.6 is 0 Å². The van der Waals surface area contributed by atoms with Gasteiger partial charge in [0, 0.05) is 24.7 Å². The quantitative estimate of drug-likeness (QED) is 0.601. The standard InChI is InChI=1S/C22H19F2NO2/c1-27-22(26)17-12-25(13-17)21-9-5-15-10-14(3-7-19(15)21)2-4-16-11-18(23)6-8-20(16)24/h3,6-8,10-11,17,21H,5,9,12-13H2,1H3. The van der Waals surface area contributed by atoms with Gasteiger partial charge in [0.05, 0.1) is 18.6 Å². The smallest absolute Gasteiger partial charge is 0.311 e. The van der Waals surface area contributed by atoms with Gasteiger partial charge in [-0.05, 0) is 54.3 Å². The van der Waals surface area contributed by atoms with Crippen LogP contribution in [0.4, 0.5) is 8.78 Å². The Morgan fingerprint density at radius 1 is 1.15 bits per heavy atom. The molecule has 1 atom stereocenters. The lowest BCUT2D eigenvalue weighted by molar-refractivity contribution is -0.152. The first-order chi connectivity index (χ1) is 13.0. The number of ether oxygens (including phenoxy) is 1. The van der Waals surface area contributed by atoms with E-state index in [1.165, 1.54) is 18.2 Å². The highest BCUT2D eigenvalue weighted by Gasteiger charge is 2.39. The second-order valence-electron chi connectivity index (χ2n) is 7.02. The van der Waals surface area contributed by atoms with E-state index in [0.717, 1.165) is 49.7 Å². The summed E-state index contributed by atoms with van der Waals surface area (Å²) in [5.74, 6) is 4.45. The van der Waals surface area contributed by atoms with Crippen LogP contribution in [0.2, 0.25) is 0 Å². The number of esters is 1. The second kappa shape index (κ2) is 7.13. The molecule has 3 nitrogen and oxygen atoms in total. The number of hydrogen-bond donors (Lipinski definition) is 0. The normalized spacial score (nSPS) is 19.0. The first-order valence-electron chi connectivity index (χ1n) is 8.97. The monoisotopic (exact) mass is 367 g/mol. The Bertz CT molecular complexity index is 955. The molecule has 1 unspecified atom stereocenters. The van der Waals surface area contributed by atoms with Crippen molar-refractivity contribution >= 4 is 5.97 Å². The average Bonchev–Trinajstić information content (AvgIpc) is 3.04. The molecule has 0 bridgehead atoms. The van der Waals surface area contributed by atoms with E-state index in [4.69, 9.17) is 4.74 Å². The highest BCUT2D eigenvalue weighted by atomic mass is 19.1. The summed E-state index contributed by atoms with van der Waals surface area (Å²) in [5.41, 5.74) is 3.34. The fraction of sp³-hybridized carbons (Fsp3) is 0.318. The van der Waals surface area contributed by atoms with Crippen LogP contribution in [0.15, 0.2) is 36.4 Å². The van der Waals surface area contributed by atoms with Gasteiger partial charge in [0.2, 0.25) is 0 Å². The molecule has 1 aliphatic heterocycles. The van der Waals surface area contributed by atoms with Crippen LogP contribution < -0.4 is 0 Å². The van der Waals surface area contributed by atoms with Crippen LogP contribution in [0.3, 0.4) is 0 Å². The van der Waals surface area contributed by atoms with Crippen molar-refractivity contribution in [1.82, 2.24) is 4.90 Å². The molecule has 0 aromatic heterocycles. The Morgan fingerprint density at radius 2 is 1.96 bits per heavy atom. The molecular weight excluding hydrogens is 348 g/mol. The summed E-state index contributed by atoms with van der Waals surface area (Å²) >= 11 is 0. The molecule has 2 aromatic carbocycles. The summed E-state index contributed by atoms with van der Waals surface area (Å²) in [7, 11) is 1.42. The lowest BCUT2D eigenvalue weighted by Crippen LogP contribution is -2.51. The Hall–Kier alpha value is -2.71. The third-order valence-electron chi connectivity index (χ3n) is 5.34. The van der Waals surface area contributed by atoms with Gasteiger partial charge in [0.15, 0.2) is 0 Å². The number of likely N-dealkylation sites (tertiary alicyclic amines) is 1. The molecule has 138 valence electrons. The fourth-order valence-electron chi connectivity index (χ4n) is 3.87. The van der Waals surface area contributed by atoms with Crippen LogP contribution in [0.25, 0.3) is 0 Å². The van der Waals surface area contributed by atoms with Gasteiger partial charge in [-0.2, -0.15) is 0 Å². The molecule has 0 spiro atoms. The zero-order valence-electron chi connectivity index (χ0n) is 15.0. The van der Waals surface area contributed by atoms with Gasteiger partial charge in [-0.3, -0.25) is 9.69 Å². The minimum absolute atomic E-state index is 0.0228. The summed E-state index contributed by atoms with van der Waals surface area (Å²) in [6, 6.07) is 9.59. The lowest BCUT2D eigenvalue weighted by atomic mass is 9.95. The Kier molecular flexibility index (Phi) is 4.67. The third-order valence-corrected chi connectivity index (χ3v) is 5.34. The Balaban J connectivity index is 1.49. The molecule has 2 aliphatic rings. The predicted molar refractivity (Wildman–Crippen MR) is 96.9 cm³/mol. The number of fused-ring (bicyclic) bond motifs is 1. The summed E-state index contributed by atoms with van der Waals surface area (Å²) in [5, 5.41) is 0. The molecule has 0 radical (unpaired) electrons. The molecule has 1 heterocycles. The molecule has 1 saturated heterocycles. The Morgan fingerprint density at radius 3 is 2.74 bits per heavy atom. The molecule has 27 heavy (non-hydrogen) atoms. The van der Waals surface area contributed by atoms with Gasteiger partial charge in [0.25, 0.3) is 0 Å². The SMILES string of the molecule is COC(=O)C1CN(C2CCc3cc(C#Cc4cc(F)ccc4F)ccc32)C1. The van der Waals surface area contributed by atoms with Crippen molar-refractivity contribution in [2.45, 2.75) is 18.9 Å². The van der Waals surface area contributed by atoms with Crippen LogP contribution in [-0.2, 0) is 16.0 Å². The minimum Gasteiger partial charge on any atom is -0.469 e. The average molecular weight is 367 g/mol. The maximum Gasteiger partial charge on any atom is 0.311 e. The Labute approximate surface area is 156 Å². The van der Waals surface area contributed by atoms with Crippen molar-refractivity contribution < 1.29 is 18.3 Å². The van der Waals surface area contributed by atoms with Crippen LogP contribution in [0.5, 0.6) is 0 Å². The molecule has 2 aromatic rings. The van der Waals surface area contributed by atoms with Crippen LogP contribution in [-0.4, -0.2) is 31.1 Å². The predicted octanol–water partition coefficient (Wildman–Crippen LogP) is 3.46. The topological polar surface area (TPSA) is 29.5 Å². The van der Waals surface area contributed by atoms with E-state index in [0.29, 0.717) is 6.04 Å². The molecule has 0 saturated carbocycles. The lowest BCUT2D eigenvalue weighted by Gasteiger charge is -2.41. The number of rotatable bonds is 2. The van der Waals surface area contributed by atoms with Crippen molar-refractivity contribution in [3.8, 4) is 11.8 Å². The van der Waals surface area contributed by atoms with Gasteiger partial charge in [0.1, 0.15) is 11.6 Å². The number of benzene rings is 2. The van der Waals surface area contributed by atoms with Crippen molar-refractivity contribution in [2.75, 3.05) is 20.2 Å². The number of carbonyl (C=O) groups is 1. The van der Waals surface area contributed by atoms with Crippen molar-refractivity contribution in [3.63, 3.8) is 0 Å². The largest absolute Gasteiger partial charge is 0.469 e. The van der Waals surface area contributed by atoms with Gasteiger partial charge in [-0.25, -0.2) is 8.78 Å². The summed E-state index contributed by atoms with van der Waals surface area (Å²) in [4.78, 5) is 13.9. The number of aryl methyl sites for hydroxylation is 1. The van der Waals surface area contributed by atoms with E-state index in [2.05, 4.69) is 22.8 Å². The fourth-order valence-corrected chi connectivity index (χ4v) is 3.87. The molecule has 1 aliphatic carbocycles. The molecule has 4 rings (SSSR count). The molecule has 0 N–H and O–H groups in total. The van der Waals surface area contributed by atoms with Gasteiger partial charge >= 0.3 is 5.97 Å². The van der Waals surface area contributed by atoms with E-state index in [1.807, 2.05) is 12.1 Å². The van der Waals surface area contributed by atoms with Crippen molar-refractivity contribution in [2.24, 2.45) is 5.92 Å². The van der Waals surface area contributed by atoms with Crippen LogP contribution in [0.1, 0.15) is 34.7 Å². The molecule has 1 fully saturated rings. The summed E-state index contributed by atoms with van der Waals surface area (Å²) in [6.07, 6.45) is 1.96. The second-order valence-corrected chi connectivity index (χ2v) is 7.02. The highest BCUT2D eigenvalue weighted by molar-refractivity contribution is 5.73. The summed E-state index contributed by atoms with van der Waals surface area (Å²) in [6.45, 7) is 1.47. The number of carbonyl (C=O) groups excluding carboxylic acids is 1. The van der Waals surface area contributed by atoms with E-state index in [-0.39, 0.29) is 17.5 Å². The molecule has 5 heteroatoms. The maximum atomic E-state index is 13.7. The van der Waals surface area contributed by atoms with E-state index < -0.39 is 11.6 Å². The van der Waals surface area contributed by atoms with E-state index >= 15 is 0 Å². The van der Waals surface area contributed by atoms with Crippen molar-refractivity contribution in [1.29, 1.82) is 0 Å². The molecule has 0 amide bonds. The number of methoxy groups -OCH3 is 1. The number of nitrogens with zero attached hydrogens (tertiary/aromatic N) is 1. The summed E-state index contributed by atoms with van der Waals surface area (Å²) < 4.78 is 31.7. The zero-order valence-corrected chi connectivity index (χ0v) is 15.0. The zero-order chi connectivity index (χ0) is 19.0. The maximum absolute atomic E-state index is 13.7. The third kappa shape index (κ3) is 3.45. The van der Waals surface area contributed by atoms with E-state index in [9.17, 15) is 13.6 Å². The highest BCUT2D eigenvalue weighted by Crippen LogP contribution is 2.39. The van der Waals surface area contributed by atoms with Gasteiger partial charge in [-0.15, -0.1) is 0 Å².